The highest BCUT2D eigenvalue weighted by Gasteiger charge is 2.17. The van der Waals surface area contributed by atoms with Crippen LogP contribution in [0.25, 0.3) is 0 Å². The third-order valence-corrected chi connectivity index (χ3v) is 6.32. The maximum atomic E-state index is 13.0. The molecule has 6 nitrogen and oxygen atoms in total. The number of benzene rings is 2. The van der Waals surface area contributed by atoms with E-state index >= 15 is 0 Å². The first-order valence-corrected chi connectivity index (χ1v) is 12.6. The minimum Gasteiger partial charge on any atom is -0.449 e. The van der Waals surface area contributed by atoms with Crippen molar-refractivity contribution in [3.8, 4) is 0 Å². The van der Waals surface area contributed by atoms with Gasteiger partial charge in [0.05, 0.1) is 18.7 Å². The fraction of sp³-hybridized carbons (Fsp3) is 0.250. The number of hydrogen-bond donors (Lipinski definition) is 0. The molecule has 0 saturated carbocycles. The Hall–Kier alpha value is -3.55. The first-order valence-electron chi connectivity index (χ1n) is 11.7. The number of nitrogens with zero attached hydrogens (tertiary/aromatic N) is 4. The van der Waals surface area contributed by atoms with Crippen molar-refractivity contribution in [3.05, 3.63) is 118 Å². The maximum Gasteiger partial charge on any atom is 0.410 e. The van der Waals surface area contributed by atoms with E-state index in [1.165, 1.54) is 11.1 Å². The summed E-state index contributed by atoms with van der Waals surface area (Å²) in [5.74, 6) is 0. The van der Waals surface area contributed by atoms with Gasteiger partial charge >= 0.3 is 6.09 Å². The Kier molecular flexibility index (Phi) is 9.38. The quantitative estimate of drug-likeness (QED) is 0.238. The van der Waals surface area contributed by atoms with E-state index in [1.54, 1.807) is 27.9 Å². The van der Waals surface area contributed by atoms with E-state index in [0.717, 1.165) is 36.5 Å². The van der Waals surface area contributed by atoms with E-state index in [9.17, 15) is 4.79 Å². The Balaban J connectivity index is 1.32. The zero-order chi connectivity index (χ0) is 24.1. The second-order valence-corrected chi connectivity index (χ2v) is 9.30. The van der Waals surface area contributed by atoms with Crippen LogP contribution in [0.4, 0.5) is 4.79 Å². The van der Waals surface area contributed by atoms with Crippen molar-refractivity contribution in [2.45, 2.75) is 32.6 Å². The van der Waals surface area contributed by atoms with Crippen LogP contribution in [0.15, 0.2) is 96.9 Å². The summed E-state index contributed by atoms with van der Waals surface area (Å²) in [6.07, 6.45) is 5.90. The van der Waals surface area contributed by atoms with Crippen LogP contribution in [0.3, 0.4) is 0 Å². The topological polar surface area (TPSA) is 58.6 Å². The second-order valence-electron chi connectivity index (χ2n) is 8.33. The van der Waals surface area contributed by atoms with Gasteiger partial charge in [0.25, 0.3) is 0 Å². The molecule has 35 heavy (non-hydrogen) atoms. The first-order chi connectivity index (χ1) is 17.3. The summed E-state index contributed by atoms with van der Waals surface area (Å²) in [6, 6.07) is 24.5. The molecular formula is C28H30N4O2S. The molecule has 7 heteroatoms. The molecule has 2 heterocycles. The molecule has 4 rings (SSSR count). The van der Waals surface area contributed by atoms with Gasteiger partial charge in [0.1, 0.15) is 0 Å². The molecule has 0 radical (unpaired) electrons. The van der Waals surface area contributed by atoms with Crippen molar-refractivity contribution in [1.29, 1.82) is 0 Å². The van der Waals surface area contributed by atoms with Crippen LogP contribution >= 0.6 is 11.3 Å². The Morgan fingerprint density at radius 2 is 1.40 bits per heavy atom. The molecule has 0 fully saturated rings. The Morgan fingerprint density at radius 3 is 2.03 bits per heavy atom. The van der Waals surface area contributed by atoms with Crippen LogP contribution in [0, 0.1) is 0 Å². The maximum absolute atomic E-state index is 13.0. The molecule has 0 spiro atoms. The number of rotatable bonds is 12. The number of pyridine rings is 1. The van der Waals surface area contributed by atoms with Crippen molar-refractivity contribution in [2.75, 3.05) is 13.2 Å². The van der Waals surface area contributed by atoms with Gasteiger partial charge in [-0.2, -0.15) is 0 Å². The molecule has 0 N–H and O–H groups in total. The Labute approximate surface area is 210 Å². The lowest BCUT2D eigenvalue weighted by Crippen LogP contribution is -2.31. The monoisotopic (exact) mass is 486 g/mol. The number of ether oxygens (including phenoxy) is 1. The molecule has 0 unspecified atom stereocenters. The van der Waals surface area contributed by atoms with E-state index in [1.807, 2.05) is 60.9 Å². The van der Waals surface area contributed by atoms with Crippen LogP contribution in [0.2, 0.25) is 0 Å². The molecule has 4 aromatic rings. The van der Waals surface area contributed by atoms with Gasteiger partial charge < -0.3 is 4.74 Å². The minimum absolute atomic E-state index is 0.300. The smallest absolute Gasteiger partial charge is 0.410 e. The fourth-order valence-corrected chi connectivity index (χ4v) is 4.45. The number of hydrogen-bond acceptors (Lipinski definition) is 6. The van der Waals surface area contributed by atoms with Gasteiger partial charge in [0, 0.05) is 49.6 Å². The van der Waals surface area contributed by atoms with Gasteiger partial charge in [0.15, 0.2) is 0 Å². The SMILES string of the molecule is O=C(OCCCN(Cc1ccccc1)Cc1ccncc1)N(Cc1ccccc1)Cc1cncs1. The zero-order valence-corrected chi connectivity index (χ0v) is 20.5. The van der Waals surface area contributed by atoms with Crippen LogP contribution < -0.4 is 0 Å². The van der Waals surface area contributed by atoms with Gasteiger partial charge in [-0.1, -0.05) is 60.7 Å². The molecule has 0 aliphatic rings. The zero-order valence-electron chi connectivity index (χ0n) is 19.7. The summed E-state index contributed by atoms with van der Waals surface area (Å²) in [7, 11) is 0. The molecule has 0 aliphatic carbocycles. The lowest BCUT2D eigenvalue weighted by atomic mass is 10.2. The molecule has 0 saturated heterocycles. The van der Waals surface area contributed by atoms with Crippen LogP contribution in [0.5, 0.6) is 0 Å². The minimum atomic E-state index is -0.300. The van der Waals surface area contributed by atoms with Gasteiger partial charge in [-0.25, -0.2) is 4.79 Å². The van der Waals surface area contributed by atoms with Gasteiger partial charge in [-0.3, -0.25) is 19.8 Å². The summed E-state index contributed by atoms with van der Waals surface area (Å²) in [5, 5.41) is 0. The fourth-order valence-electron chi connectivity index (χ4n) is 3.84. The summed E-state index contributed by atoms with van der Waals surface area (Å²) < 4.78 is 5.71. The predicted molar refractivity (Wildman–Crippen MR) is 139 cm³/mol. The highest BCUT2D eigenvalue weighted by molar-refractivity contribution is 7.09. The molecule has 0 atom stereocenters. The van der Waals surface area contributed by atoms with Crippen LogP contribution in [-0.2, 0) is 30.9 Å². The predicted octanol–water partition coefficient (Wildman–Crippen LogP) is 5.77. The molecule has 2 aromatic heterocycles. The summed E-state index contributed by atoms with van der Waals surface area (Å²) in [4.78, 5) is 26.4. The standard InChI is InChI=1S/C28H30N4O2S/c33-28(32(22-27-18-30-23-35-27)21-25-10-5-2-6-11-25)34-17-7-16-31(19-24-8-3-1-4-9-24)20-26-12-14-29-15-13-26/h1-6,8-15,18,23H,7,16-17,19-22H2. The second kappa shape index (κ2) is 13.4. The lowest BCUT2D eigenvalue weighted by Gasteiger charge is -2.24. The average molecular weight is 487 g/mol. The number of aromatic nitrogens is 2. The average Bonchev–Trinajstić information content (AvgIpc) is 3.41. The van der Waals surface area contributed by atoms with Crippen molar-refractivity contribution < 1.29 is 9.53 Å². The molecular weight excluding hydrogens is 456 g/mol. The van der Waals surface area contributed by atoms with E-state index in [4.69, 9.17) is 4.74 Å². The third kappa shape index (κ3) is 8.31. The number of carbonyl (C=O) groups is 1. The molecule has 0 aliphatic heterocycles. The van der Waals surface area contributed by atoms with Gasteiger partial charge in [-0.05, 0) is 35.2 Å². The van der Waals surface area contributed by atoms with Crippen LogP contribution in [-0.4, -0.2) is 39.0 Å². The highest BCUT2D eigenvalue weighted by Crippen LogP contribution is 2.15. The van der Waals surface area contributed by atoms with Gasteiger partial charge in [-0.15, -0.1) is 11.3 Å². The molecule has 2 aromatic carbocycles. The highest BCUT2D eigenvalue weighted by atomic mass is 32.1. The number of thiazole rings is 1. The molecule has 1 amide bonds. The van der Waals surface area contributed by atoms with Gasteiger partial charge in [0.2, 0.25) is 0 Å². The number of carbonyl (C=O) groups excluding carboxylic acids is 1. The van der Waals surface area contributed by atoms with Crippen molar-refractivity contribution in [1.82, 2.24) is 19.8 Å². The Bertz CT molecular complexity index is 1080. The summed E-state index contributed by atoms with van der Waals surface area (Å²) in [5.41, 5.74) is 5.33. The normalized spacial score (nSPS) is 10.9. The first kappa shape index (κ1) is 24.6. The molecule has 0 bridgehead atoms. The van der Waals surface area contributed by atoms with Crippen molar-refractivity contribution in [3.63, 3.8) is 0 Å². The van der Waals surface area contributed by atoms with E-state index in [0.29, 0.717) is 19.7 Å². The van der Waals surface area contributed by atoms with E-state index < -0.39 is 0 Å². The van der Waals surface area contributed by atoms with E-state index in [-0.39, 0.29) is 6.09 Å². The van der Waals surface area contributed by atoms with Crippen LogP contribution in [0.1, 0.15) is 28.0 Å². The summed E-state index contributed by atoms with van der Waals surface area (Å²) >= 11 is 1.54. The third-order valence-electron chi connectivity index (χ3n) is 5.55. The number of amides is 1. The van der Waals surface area contributed by atoms with E-state index in [2.05, 4.69) is 39.1 Å². The summed E-state index contributed by atoms with van der Waals surface area (Å²) in [6.45, 7) is 3.83. The molecule has 180 valence electrons. The van der Waals surface area contributed by atoms with Crippen molar-refractivity contribution in [2.24, 2.45) is 0 Å². The van der Waals surface area contributed by atoms with Crippen molar-refractivity contribution >= 4 is 17.4 Å². The Morgan fingerprint density at radius 1 is 0.771 bits per heavy atom. The lowest BCUT2D eigenvalue weighted by molar-refractivity contribution is 0.0919. The largest absolute Gasteiger partial charge is 0.449 e.